The maximum absolute atomic E-state index is 12.5. The van der Waals surface area contributed by atoms with Gasteiger partial charge in [0.05, 0.1) is 11.6 Å². The second-order valence-electron chi connectivity index (χ2n) is 6.22. The summed E-state index contributed by atoms with van der Waals surface area (Å²) < 4.78 is 0. The first-order chi connectivity index (χ1) is 11.6. The Labute approximate surface area is 141 Å². The number of hydrogen-bond acceptors (Lipinski definition) is 5. The number of carbonyl (C=O) groups excluding carboxylic acids is 2. The van der Waals surface area contributed by atoms with Crippen molar-refractivity contribution in [2.24, 2.45) is 0 Å². The number of nitrogens with one attached hydrogen (secondary N) is 1. The number of hydrogen-bond donors (Lipinski definition) is 2. The fraction of sp³-hybridized carbons (Fsp3) is 0.444. The third-order valence-corrected chi connectivity index (χ3v) is 4.67. The summed E-state index contributed by atoms with van der Waals surface area (Å²) in [6.45, 7) is 6.38. The van der Waals surface area contributed by atoms with Gasteiger partial charge in [-0.15, -0.1) is 0 Å². The molecule has 1 aromatic rings. The predicted octanol–water partition coefficient (Wildman–Crippen LogP) is 0.876. The Morgan fingerprint density at radius 2 is 1.88 bits per heavy atom. The Morgan fingerprint density at radius 3 is 2.50 bits per heavy atom. The first kappa shape index (κ1) is 16.7. The molecule has 0 aliphatic carbocycles. The number of nitrogens with zero attached hydrogens (tertiary/aromatic N) is 2. The Balaban J connectivity index is 1.83. The van der Waals surface area contributed by atoms with E-state index in [0.29, 0.717) is 6.54 Å². The first-order valence-corrected chi connectivity index (χ1v) is 8.32. The van der Waals surface area contributed by atoms with Gasteiger partial charge in [-0.2, -0.15) is 0 Å². The molecule has 0 aromatic heterocycles. The highest BCUT2D eigenvalue weighted by molar-refractivity contribution is 6.08. The molecule has 0 unspecified atom stereocenters. The standard InChI is InChI=1S/C18H23N3O3/c1-13(22)15-16(14-5-3-2-4-6-14)21(18(24)17(15)23)12-11-20-9-7-19-8-10-20/h2-6,16,19,23H,7-12H2,1H3/t16-/m1/s1. The number of aliphatic hydroxyl groups excluding tert-OH is 1. The Morgan fingerprint density at radius 1 is 1.21 bits per heavy atom. The summed E-state index contributed by atoms with van der Waals surface area (Å²) in [7, 11) is 0. The van der Waals surface area contributed by atoms with Gasteiger partial charge in [0.15, 0.2) is 11.5 Å². The van der Waals surface area contributed by atoms with Gasteiger partial charge in [-0.05, 0) is 12.5 Å². The van der Waals surface area contributed by atoms with Crippen LogP contribution in [0.15, 0.2) is 41.7 Å². The molecule has 0 radical (unpaired) electrons. The third kappa shape index (κ3) is 3.20. The molecule has 6 heteroatoms. The summed E-state index contributed by atoms with van der Waals surface area (Å²) in [5.74, 6) is -1.12. The summed E-state index contributed by atoms with van der Waals surface area (Å²) in [5, 5.41) is 13.5. The maximum atomic E-state index is 12.5. The molecule has 128 valence electrons. The van der Waals surface area contributed by atoms with E-state index in [0.717, 1.165) is 38.3 Å². The van der Waals surface area contributed by atoms with E-state index in [1.807, 2.05) is 30.3 Å². The molecule has 24 heavy (non-hydrogen) atoms. The highest BCUT2D eigenvalue weighted by Crippen LogP contribution is 2.37. The average molecular weight is 329 g/mol. The van der Waals surface area contributed by atoms with Crippen molar-refractivity contribution in [1.82, 2.24) is 15.1 Å². The van der Waals surface area contributed by atoms with Gasteiger partial charge in [0.1, 0.15) is 0 Å². The molecule has 2 N–H and O–H groups in total. The summed E-state index contributed by atoms with van der Waals surface area (Å²) in [6, 6.07) is 8.92. The van der Waals surface area contributed by atoms with Crippen molar-refractivity contribution in [3.63, 3.8) is 0 Å². The number of piperazine rings is 1. The van der Waals surface area contributed by atoms with Crippen molar-refractivity contribution >= 4 is 11.7 Å². The summed E-state index contributed by atoms with van der Waals surface area (Å²) in [6.07, 6.45) is 0. The van der Waals surface area contributed by atoms with Crippen LogP contribution in [0, 0.1) is 0 Å². The lowest BCUT2D eigenvalue weighted by Gasteiger charge is -2.32. The van der Waals surface area contributed by atoms with Crippen LogP contribution in [0.25, 0.3) is 0 Å². The number of Topliss-reactive ketones (excluding diaryl/α,β-unsaturated/α-hetero) is 1. The molecular weight excluding hydrogens is 306 g/mol. The summed E-state index contributed by atoms with van der Waals surface area (Å²) in [4.78, 5) is 28.4. The zero-order valence-corrected chi connectivity index (χ0v) is 13.9. The van der Waals surface area contributed by atoms with E-state index in [1.54, 1.807) is 4.90 Å². The fourth-order valence-electron chi connectivity index (χ4n) is 3.41. The second kappa shape index (κ2) is 7.15. The predicted molar refractivity (Wildman–Crippen MR) is 90.5 cm³/mol. The highest BCUT2D eigenvalue weighted by atomic mass is 16.3. The van der Waals surface area contributed by atoms with Gasteiger partial charge in [-0.25, -0.2) is 0 Å². The molecule has 1 fully saturated rings. The Hall–Kier alpha value is -2.18. The fourth-order valence-corrected chi connectivity index (χ4v) is 3.41. The maximum Gasteiger partial charge on any atom is 0.290 e. The lowest BCUT2D eigenvalue weighted by molar-refractivity contribution is -0.129. The Bertz CT molecular complexity index is 651. The van der Waals surface area contributed by atoms with Gasteiger partial charge in [0.2, 0.25) is 0 Å². The van der Waals surface area contributed by atoms with E-state index in [-0.39, 0.29) is 11.4 Å². The molecule has 1 aromatic carbocycles. The van der Waals surface area contributed by atoms with Crippen LogP contribution in [0.4, 0.5) is 0 Å². The van der Waals surface area contributed by atoms with Crippen LogP contribution < -0.4 is 5.32 Å². The van der Waals surface area contributed by atoms with E-state index >= 15 is 0 Å². The van der Waals surface area contributed by atoms with Crippen molar-refractivity contribution in [1.29, 1.82) is 0 Å². The SMILES string of the molecule is CC(=O)C1=C(O)C(=O)N(CCN2CCNCC2)[C@@H]1c1ccccc1. The molecule has 1 amide bonds. The average Bonchev–Trinajstić information content (AvgIpc) is 2.86. The third-order valence-electron chi connectivity index (χ3n) is 4.67. The molecular formula is C18H23N3O3. The smallest absolute Gasteiger partial charge is 0.290 e. The van der Waals surface area contributed by atoms with Crippen molar-refractivity contribution in [2.75, 3.05) is 39.3 Å². The molecule has 0 spiro atoms. The normalized spacial score (nSPS) is 22.3. The van der Waals surface area contributed by atoms with Gasteiger partial charge in [0.25, 0.3) is 5.91 Å². The molecule has 1 saturated heterocycles. The lowest BCUT2D eigenvalue weighted by atomic mass is 9.97. The zero-order chi connectivity index (χ0) is 17.1. The second-order valence-corrected chi connectivity index (χ2v) is 6.22. The van der Waals surface area contributed by atoms with Gasteiger partial charge < -0.3 is 15.3 Å². The summed E-state index contributed by atoms with van der Waals surface area (Å²) in [5.41, 5.74) is 1.05. The quantitative estimate of drug-likeness (QED) is 0.839. The number of carbonyl (C=O) groups is 2. The molecule has 1 atom stereocenters. The van der Waals surface area contributed by atoms with E-state index in [1.165, 1.54) is 6.92 Å². The van der Waals surface area contributed by atoms with E-state index in [4.69, 9.17) is 0 Å². The Kier molecular flexibility index (Phi) is 4.97. The summed E-state index contributed by atoms with van der Waals surface area (Å²) >= 11 is 0. The van der Waals surface area contributed by atoms with E-state index < -0.39 is 17.7 Å². The van der Waals surface area contributed by atoms with Crippen molar-refractivity contribution in [3.05, 3.63) is 47.2 Å². The van der Waals surface area contributed by atoms with Crippen LogP contribution in [0.2, 0.25) is 0 Å². The van der Waals surface area contributed by atoms with Crippen LogP contribution in [-0.2, 0) is 9.59 Å². The number of ketones is 1. The number of rotatable bonds is 5. The van der Waals surface area contributed by atoms with Crippen LogP contribution in [0.5, 0.6) is 0 Å². The van der Waals surface area contributed by atoms with Gasteiger partial charge in [0, 0.05) is 39.3 Å². The highest BCUT2D eigenvalue weighted by Gasteiger charge is 2.42. The molecule has 2 aliphatic rings. The van der Waals surface area contributed by atoms with Crippen LogP contribution >= 0.6 is 0 Å². The minimum Gasteiger partial charge on any atom is -0.503 e. The topological polar surface area (TPSA) is 72.9 Å². The minimum atomic E-state index is -0.501. The van der Waals surface area contributed by atoms with E-state index in [9.17, 15) is 14.7 Å². The lowest BCUT2D eigenvalue weighted by Crippen LogP contribution is -2.47. The molecule has 0 saturated carbocycles. The van der Waals surface area contributed by atoms with Crippen molar-refractivity contribution < 1.29 is 14.7 Å². The minimum absolute atomic E-state index is 0.200. The van der Waals surface area contributed by atoms with Crippen LogP contribution in [0.1, 0.15) is 18.5 Å². The molecule has 6 nitrogen and oxygen atoms in total. The monoisotopic (exact) mass is 329 g/mol. The largest absolute Gasteiger partial charge is 0.503 e. The van der Waals surface area contributed by atoms with Crippen molar-refractivity contribution in [3.8, 4) is 0 Å². The van der Waals surface area contributed by atoms with Gasteiger partial charge >= 0.3 is 0 Å². The van der Waals surface area contributed by atoms with E-state index in [2.05, 4.69) is 10.2 Å². The van der Waals surface area contributed by atoms with Crippen LogP contribution in [-0.4, -0.2) is 65.9 Å². The van der Waals surface area contributed by atoms with Crippen molar-refractivity contribution in [2.45, 2.75) is 13.0 Å². The van der Waals surface area contributed by atoms with Gasteiger partial charge in [-0.1, -0.05) is 30.3 Å². The number of aliphatic hydroxyl groups is 1. The molecule has 3 rings (SSSR count). The number of amides is 1. The zero-order valence-electron chi connectivity index (χ0n) is 13.9. The first-order valence-electron chi connectivity index (χ1n) is 8.32. The van der Waals surface area contributed by atoms with Gasteiger partial charge in [-0.3, -0.25) is 14.5 Å². The molecule has 2 heterocycles. The van der Waals surface area contributed by atoms with Crippen LogP contribution in [0.3, 0.4) is 0 Å². The molecule has 2 aliphatic heterocycles. The molecule has 0 bridgehead atoms. The number of benzene rings is 1.